The van der Waals surface area contributed by atoms with Gasteiger partial charge in [0.05, 0.1) is 12.2 Å². The van der Waals surface area contributed by atoms with Crippen LogP contribution in [-0.2, 0) is 21.4 Å². The Hall–Kier alpha value is -3.52. The van der Waals surface area contributed by atoms with Gasteiger partial charge in [-0.05, 0) is 47.3 Å². The Morgan fingerprint density at radius 2 is 1.57 bits per heavy atom. The first-order valence-corrected chi connectivity index (χ1v) is 12.7. The quantitative estimate of drug-likeness (QED) is 0.325. The van der Waals surface area contributed by atoms with Crippen LogP contribution in [0.1, 0.15) is 11.1 Å². The Morgan fingerprint density at radius 1 is 0.886 bits per heavy atom. The third-order valence-electron chi connectivity index (χ3n) is 5.73. The van der Waals surface area contributed by atoms with Gasteiger partial charge in [-0.15, -0.1) is 0 Å². The Balaban J connectivity index is 1.62. The van der Waals surface area contributed by atoms with Gasteiger partial charge in [0, 0.05) is 26.7 Å². The number of aliphatic hydroxyl groups is 1. The van der Waals surface area contributed by atoms with Crippen molar-refractivity contribution in [2.45, 2.75) is 6.54 Å². The fourth-order valence-electron chi connectivity index (χ4n) is 4.06. The average molecular weight is 525 g/mol. The van der Waals surface area contributed by atoms with Crippen LogP contribution < -0.4 is 9.62 Å². The zero-order valence-corrected chi connectivity index (χ0v) is 20.4. The van der Waals surface area contributed by atoms with E-state index < -0.39 is 26.6 Å². The molecule has 9 heteroatoms. The van der Waals surface area contributed by atoms with E-state index in [9.17, 15) is 18.3 Å². The molecule has 176 valence electrons. The third kappa shape index (κ3) is 4.23. The van der Waals surface area contributed by atoms with Crippen LogP contribution in [0.2, 0.25) is 10.0 Å². The van der Waals surface area contributed by atoms with Crippen molar-refractivity contribution >= 4 is 67.0 Å². The maximum Gasteiger partial charge on any atom is 0.273 e. The van der Waals surface area contributed by atoms with Crippen molar-refractivity contribution in [2.75, 3.05) is 9.62 Å². The van der Waals surface area contributed by atoms with Crippen molar-refractivity contribution in [1.29, 1.82) is 0 Å². The van der Waals surface area contributed by atoms with Gasteiger partial charge < -0.3 is 10.4 Å². The minimum Gasteiger partial charge on any atom is -0.506 e. The summed E-state index contributed by atoms with van der Waals surface area (Å²) >= 11 is 12.1. The lowest BCUT2D eigenvalue weighted by molar-refractivity contribution is -0.112. The van der Waals surface area contributed by atoms with Crippen molar-refractivity contribution in [3.05, 3.63) is 111 Å². The number of sulfonamides is 1. The fraction of sp³-hybridized carbons (Fsp3) is 0.0385. The molecule has 6 nitrogen and oxygen atoms in total. The highest BCUT2D eigenvalue weighted by atomic mass is 35.5. The lowest BCUT2D eigenvalue weighted by atomic mass is 10.1. The lowest BCUT2D eigenvalue weighted by Crippen LogP contribution is -2.39. The molecule has 4 aromatic rings. The van der Waals surface area contributed by atoms with Crippen molar-refractivity contribution in [1.82, 2.24) is 0 Å². The van der Waals surface area contributed by atoms with E-state index in [1.54, 1.807) is 36.4 Å². The van der Waals surface area contributed by atoms with Crippen molar-refractivity contribution in [2.24, 2.45) is 0 Å². The van der Waals surface area contributed by atoms with E-state index in [-0.39, 0.29) is 22.8 Å². The maximum absolute atomic E-state index is 13.7. The molecule has 0 bridgehead atoms. The highest BCUT2D eigenvalue weighted by molar-refractivity contribution is 7.97. The standard InChI is InChI=1S/C26H18Cl2N2O4S/c27-18-10-8-16(9-11-18)15-30-23-13-12-19(28)14-21(23)24(31)25(35(30,33)34)26(32)29-22-7-3-5-17-4-1-2-6-20(17)22/h1-14,31H,15H2,(H,29,32). The van der Waals surface area contributed by atoms with Gasteiger partial charge >= 0.3 is 0 Å². The molecule has 0 saturated heterocycles. The number of nitrogens with zero attached hydrogens (tertiary/aromatic N) is 1. The number of halogens is 2. The molecule has 0 atom stereocenters. The SMILES string of the molecule is O=C(Nc1cccc2ccccc12)C1=C(O)c2cc(Cl)ccc2N(Cc2ccc(Cl)cc2)S1(=O)=O. The molecule has 0 aliphatic carbocycles. The van der Waals surface area contributed by atoms with Crippen LogP contribution in [0.5, 0.6) is 0 Å². The van der Waals surface area contributed by atoms with Crippen LogP contribution in [0.3, 0.4) is 0 Å². The number of fused-ring (bicyclic) bond motifs is 2. The first kappa shape index (κ1) is 23.2. The summed E-state index contributed by atoms with van der Waals surface area (Å²) in [6.07, 6.45) is 0. The molecule has 1 heterocycles. The van der Waals surface area contributed by atoms with Gasteiger partial charge in [-0.25, -0.2) is 8.42 Å². The topological polar surface area (TPSA) is 86.7 Å². The Morgan fingerprint density at radius 3 is 2.34 bits per heavy atom. The molecular weight excluding hydrogens is 507 g/mol. The van der Waals surface area contributed by atoms with E-state index in [1.807, 2.05) is 30.3 Å². The molecule has 1 aliphatic rings. The molecule has 35 heavy (non-hydrogen) atoms. The number of aliphatic hydroxyl groups excluding tert-OH is 1. The van der Waals surface area contributed by atoms with Crippen molar-refractivity contribution in [3.8, 4) is 0 Å². The summed E-state index contributed by atoms with van der Waals surface area (Å²) in [6, 6.07) is 23.8. The first-order valence-electron chi connectivity index (χ1n) is 10.5. The van der Waals surface area contributed by atoms with Gasteiger partial charge in [0.2, 0.25) is 0 Å². The summed E-state index contributed by atoms with van der Waals surface area (Å²) in [6.45, 7) is -0.0769. The third-order valence-corrected chi connectivity index (χ3v) is 8.02. The van der Waals surface area contributed by atoms with Crippen molar-refractivity contribution < 1.29 is 18.3 Å². The van der Waals surface area contributed by atoms with E-state index in [1.165, 1.54) is 18.2 Å². The molecular formula is C26H18Cl2N2O4S. The molecule has 4 aromatic carbocycles. The fourth-order valence-corrected chi connectivity index (χ4v) is 5.96. The minimum atomic E-state index is -4.45. The lowest BCUT2D eigenvalue weighted by Gasteiger charge is -2.31. The number of hydrogen-bond donors (Lipinski definition) is 2. The largest absolute Gasteiger partial charge is 0.506 e. The Labute approximate surface area is 212 Å². The zero-order chi connectivity index (χ0) is 24.7. The second-order valence-electron chi connectivity index (χ2n) is 7.96. The van der Waals surface area contributed by atoms with Crippen LogP contribution in [0, 0.1) is 0 Å². The molecule has 1 aliphatic heterocycles. The molecule has 0 spiro atoms. The number of amides is 1. The number of benzene rings is 4. The summed E-state index contributed by atoms with van der Waals surface area (Å²) in [5, 5.41) is 16.1. The molecule has 1 amide bonds. The monoisotopic (exact) mass is 524 g/mol. The summed E-state index contributed by atoms with van der Waals surface area (Å²) in [5.74, 6) is -1.61. The molecule has 5 rings (SSSR count). The van der Waals surface area contributed by atoms with Crippen LogP contribution in [0.15, 0.2) is 89.8 Å². The highest BCUT2D eigenvalue weighted by Gasteiger charge is 2.41. The summed E-state index contributed by atoms with van der Waals surface area (Å²) in [7, 11) is -4.45. The molecule has 0 fully saturated rings. The Kier molecular flexibility index (Phi) is 5.92. The smallest absolute Gasteiger partial charge is 0.273 e. The minimum absolute atomic E-state index is 0.0769. The predicted octanol–water partition coefficient (Wildman–Crippen LogP) is 6.36. The zero-order valence-electron chi connectivity index (χ0n) is 18.1. The number of carbonyl (C=O) groups excluding carboxylic acids is 1. The van der Waals surface area contributed by atoms with E-state index in [0.717, 1.165) is 15.1 Å². The molecule has 0 unspecified atom stereocenters. The van der Waals surface area contributed by atoms with E-state index in [2.05, 4.69) is 5.32 Å². The molecule has 2 N–H and O–H groups in total. The van der Waals surface area contributed by atoms with Gasteiger partial charge in [0.1, 0.15) is 0 Å². The van der Waals surface area contributed by atoms with Crippen LogP contribution >= 0.6 is 23.2 Å². The maximum atomic E-state index is 13.7. The molecule has 0 radical (unpaired) electrons. The van der Waals surface area contributed by atoms with Crippen LogP contribution in [-0.4, -0.2) is 19.4 Å². The van der Waals surface area contributed by atoms with E-state index in [0.29, 0.717) is 16.3 Å². The Bertz CT molecular complexity index is 1610. The second-order valence-corrected chi connectivity index (χ2v) is 10.6. The molecule has 0 saturated carbocycles. The van der Waals surface area contributed by atoms with Crippen LogP contribution in [0.25, 0.3) is 16.5 Å². The highest BCUT2D eigenvalue weighted by Crippen LogP contribution is 2.41. The van der Waals surface area contributed by atoms with E-state index in [4.69, 9.17) is 23.2 Å². The van der Waals surface area contributed by atoms with E-state index >= 15 is 0 Å². The first-order chi connectivity index (χ1) is 16.8. The number of rotatable bonds is 4. The van der Waals surface area contributed by atoms with Crippen molar-refractivity contribution in [3.63, 3.8) is 0 Å². The summed E-state index contributed by atoms with van der Waals surface area (Å²) in [4.78, 5) is 12.6. The van der Waals surface area contributed by atoms with Gasteiger partial charge in [-0.3, -0.25) is 9.10 Å². The molecule has 0 aromatic heterocycles. The van der Waals surface area contributed by atoms with Gasteiger partial charge in [0.25, 0.3) is 15.9 Å². The number of carbonyl (C=O) groups is 1. The predicted molar refractivity (Wildman–Crippen MR) is 140 cm³/mol. The van der Waals surface area contributed by atoms with Crippen LogP contribution in [0.4, 0.5) is 11.4 Å². The average Bonchev–Trinajstić information content (AvgIpc) is 2.83. The van der Waals surface area contributed by atoms with Gasteiger partial charge in [0.15, 0.2) is 10.7 Å². The summed E-state index contributed by atoms with van der Waals surface area (Å²) in [5.41, 5.74) is 1.42. The van der Waals surface area contributed by atoms with Gasteiger partial charge in [-0.2, -0.15) is 0 Å². The number of anilines is 2. The second kappa shape index (κ2) is 8.92. The number of hydrogen-bond acceptors (Lipinski definition) is 4. The van der Waals surface area contributed by atoms with Gasteiger partial charge in [-0.1, -0.05) is 71.7 Å². The summed E-state index contributed by atoms with van der Waals surface area (Å²) < 4.78 is 28.5. The number of nitrogens with one attached hydrogen (secondary N) is 1. The normalized spacial score (nSPS) is 14.6.